The van der Waals surface area contributed by atoms with Crippen molar-refractivity contribution in [3.8, 4) is 0 Å². The van der Waals surface area contributed by atoms with Gasteiger partial charge in [0.05, 0.1) is 23.3 Å². The van der Waals surface area contributed by atoms with Gasteiger partial charge < -0.3 is 10.1 Å². The molecule has 2 N–H and O–H groups in total. The Hall–Kier alpha value is -2.62. The number of carbonyl (C=O) groups is 4. The van der Waals surface area contributed by atoms with E-state index in [9.17, 15) is 19.2 Å². The highest BCUT2D eigenvalue weighted by Gasteiger charge is 2.46. The molecule has 0 bridgehead atoms. The van der Waals surface area contributed by atoms with Gasteiger partial charge in [-0.15, -0.1) is 0 Å². The van der Waals surface area contributed by atoms with Gasteiger partial charge in [0.15, 0.2) is 0 Å². The van der Waals surface area contributed by atoms with Crippen LogP contribution in [0.1, 0.15) is 52.0 Å². The number of hydrogen-bond donors (Lipinski definition) is 2. The molecule has 9 nitrogen and oxygen atoms in total. The van der Waals surface area contributed by atoms with Crippen molar-refractivity contribution in [2.75, 3.05) is 32.8 Å². The van der Waals surface area contributed by atoms with Crippen LogP contribution in [0.5, 0.6) is 0 Å². The third-order valence-electron chi connectivity index (χ3n) is 6.70. The fourth-order valence-electron chi connectivity index (χ4n) is 5.25. The van der Waals surface area contributed by atoms with Crippen molar-refractivity contribution in [2.24, 2.45) is 0 Å². The Balaban J connectivity index is 1.38. The maximum Gasteiger partial charge on any atom is 0.262 e. The summed E-state index contributed by atoms with van der Waals surface area (Å²) in [4.78, 5) is 53.4. The lowest BCUT2D eigenvalue weighted by Crippen LogP contribution is -2.58. The number of likely N-dealkylation sites (tertiary alicyclic amines) is 1. The molecule has 1 spiro atoms. The van der Waals surface area contributed by atoms with Crippen LogP contribution in [0.4, 0.5) is 0 Å². The first-order chi connectivity index (χ1) is 15.0. The van der Waals surface area contributed by atoms with Gasteiger partial charge in [-0.25, -0.2) is 0 Å². The molecule has 0 saturated carbocycles. The Labute approximate surface area is 180 Å². The topological polar surface area (TPSA) is 108 Å². The quantitative estimate of drug-likeness (QED) is 0.657. The number of imide groups is 2. The van der Waals surface area contributed by atoms with Crippen molar-refractivity contribution >= 4 is 23.6 Å². The molecule has 1 aromatic carbocycles. The SMILES string of the molecule is O=C1CCC(N2C(=O)c3cccc(CN4CCCC5(CNCCO5)C4)c3C2=O)C(=O)N1. The summed E-state index contributed by atoms with van der Waals surface area (Å²) in [7, 11) is 0. The van der Waals surface area contributed by atoms with Crippen LogP contribution in [-0.2, 0) is 20.9 Å². The standard InChI is InChI=1S/C22H26N4O5/c27-17-6-5-16(19(28)24-17)26-20(29)15-4-1-3-14(18(15)21(26)30)11-25-9-2-7-22(13-25)12-23-8-10-31-22/h1,3-4,16,23H,2,5-13H2,(H,24,27,28). The first-order valence-corrected chi connectivity index (χ1v) is 10.9. The minimum absolute atomic E-state index is 0.112. The van der Waals surface area contributed by atoms with E-state index in [1.807, 2.05) is 6.07 Å². The molecule has 9 heteroatoms. The number of hydrogen-bond acceptors (Lipinski definition) is 7. The van der Waals surface area contributed by atoms with Crippen molar-refractivity contribution in [1.29, 1.82) is 0 Å². The summed E-state index contributed by atoms with van der Waals surface area (Å²) in [6.45, 7) is 4.58. The molecule has 1 aromatic rings. The van der Waals surface area contributed by atoms with Gasteiger partial charge in [0.1, 0.15) is 6.04 Å². The van der Waals surface area contributed by atoms with E-state index in [-0.39, 0.29) is 24.3 Å². The van der Waals surface area contributed by atoms with Gasteiger partial charge >= 0.3 is 0 Å². The molecule has 0 aromatic heterocycles. The third kappa shape index (κ3) is 3.56. The summed E-state index contributed by atoms with van der Waals surface area (Å²) in [6, 6.07) is 4.35. The van der Waals surface area contributed by atoms with Crippen molar-refractivity contribution in [3.05, 3.63) is 34.9 Å². The van der Waals surface area contributed by atoms with Gasteiger partial charge in [0, 0.05) is 32.6 Å². The Kier molecular flexibility index (Phi) is 5.11. The molecule has 31 heavy (non-hydrogen) atoms. The molecule has 4 amide bonds. The normalized spacial score (nSPS) is 29.4. The molecular weight excluding hydrogens is 400 g/mol. The molecule has 2 atom stereocenters. The number of benzene rings is 1. The lowest BCUT2D eigenvalue weighted by molar-refractivity contribution is -0.136. The zero-order valence-electron chi connectivity index (χ0n) is 17.3. The first kappa shape index (κ1) is 20.3. The summed E-state index contributed by atoms with van der Waals surface area (Å²) in [5.74, 6) is -1.89. The Morgan fingerprint density at radius 2 is 2.03 bits per heavy atom. The van der Waals surface area contributed by atoms with Crippen molar-refractivity contribution in [2.45, 2.75) is 43.9 Å². The van der Waals surface area contributed by atoms with E-state index in [0.29, 0.717) is 24.3 Å². The summed E-state index contributed by atoms with van der Waals surface area (Å²) in [6.07, 6.45) is 2.28. The maximum atomic E-state index is 13.3. The number of piperidine rings is 2. The zero-order chi connectivity index (χ0) is 21.6. The van der Waals surface area contributed by atoms with E-state index in [4.69, 9.17) is 4.74 Å². The van der Waals surface area contributed by atoms with E-state index < -0.39 is 23.8 Å². The smallest absolute Gasteiger partial charge is 0.262 e. The van der Waals surface area contributed by atoms with E-state index in [2.05, 4.69) is 15.5 Å². The molecule has 3 fully saturated rings. The summed E-state index contributed by atoms with van der Waals surface area (Å²) < 4.78 is 6.12. The highest BCUT2D eigenvalue weighted by molar-refractivity contribution is 6.24. The monoisotopic (exact) mass is 426 g/mol. The van der Waals surface area contributed by atoms with Crippen LogP contribution in [0, 0.1) is 0 Å². The first-order valence-electron chi connectivity index (χ1n) is 10.9. The number of nitrogens with one attached hydrogen (secondary N) is 2. The summed E-state index contributed by atoms with van der Waals surface area (Å²) in [5.41, 5.74) is 1.29. The van der Waals surface area contributed by atoms with E-state index in [1.54, 1.807) is 12.1 Å². The van der Waals surface area contributed by atoms with Crippen molar-refractivity contribution < 1.29 is 23.9 Å². The number of carbonyl (C=O) groups excluding carboxylic acids is 4. The highest BCUT2D eigenvalue weighted by Crippen LogP contribution is 2.32. The molecule has 0 radical (unpaired) electrons. The third-order valence-corrected chi connectivity index (χ3v) is 6.70. The fourth-order valence-corrected chi connectivity index (χ4v) is 5.25. The Bertz CT molecular complexity index is 950. The lowest BCUT2D eigenvalue weighted by atomic mass is 9.90. The van der Waals surface area contributed by atoms with Crippen molar-refractivity contribution in [1.82, 2.24) is 20.4 Å². The molecule has 5 rings (SSSR count). The number of amides is 4. The molecule has 4 heterocycles. The van der Waals surface area contributed by atoms with Crippen LogP contribution in [0.15, 0.2) is 18.2 Å². The highest BCUT2D eigenvalue weighted by atomic mass is 16.5. The molecular formula is C22H26N4O5. The molecule has 4 aliphatic rings. The Morgan fingerprint density at radius 3 is 2.81 bits per heavy atom. The second-order valence-electron chi connectivity index (χ2n) is 8.81. The molecule has 2 unspecified atom stereocenters. The van der Waals surface area contributed by atoms with Crippen LogP contribution in [0.3, 0.4) is 0 Å². The largest absolute Gasteiger partial charge is 0.371 e. The number of nitrogens with zero attached hydrogens (tertiary/aromatic N) is 2. The predicted molar refractivity (Wildman–Crippen MR) is 109 cm³/mol. The number of fused-ring (bicyclic) bond motifs is 1. The van der Waals surface area contributed by atoms with Gasteiger partial charge in [-0.1, -0.05) is 12.1 Å². The van der Waals surface area contributed by atoms with Crippen LogP contribution < -0.4 is 10.6 Å². The van der Waals surface area contributed by atoms with Gasteiger partial charge in [0.25, 0.3) is 11.8 Å². The maximum absolute atomic E-state index is 13.3. The number of morpholine rings is 1. The van der Waals surface area contributed by atoms with Gasteiger partial charge in [-0.05, 0) is 37.4 Å². The Morgan fingerprint density at radius 1 is 1.16 bits per heavy atom. The van der Waals surface area contributed by atoms with Crippen LogP contribution in [0.2, 0.25) is 0 Å². The van der Waals surface area contributed by atoms with Crippen LogP contribution in [0.25, 0.3) is 0 Å². The summed E-state index contributed by atoms with van der Waals surface area (Å²) in [5, 5.41) is 5.65. The van der Waals surface area contributed by atoms with E-state index >= 15 is 0 Å². The zero-order valence-corrected chi connectivity index (χ0v) is 17.3. The molecule has 164 valence electrons. The van der Waals surface area contributed by atoms with E-state index in [0.717, 1.165) is 49.5 Å². The summed E-state index contributed by atoms with van der Waals surface area (Å²) >= 11 is 0. The second-order valence-corrected chi connectivity index (χ2v) is 8.81. The van der Waals surface area contributed by atoms with Gasteiger partial charge in [-0.3, -0.25) is 34.3 Å². The predicted octanol–water partition coefficient (Wildman–Crippen LogP) is 0.0422. The van der Waals surface area contributed by atoms with Crippen molar-refractivity contribution in [3.63, 3.8) is 0 Å². The molecule has 0 aliphatic carbocycles. The molecule has 3 saturated heterocycles. The molecule has 4 aliphatic heterocycles. The van der Waals surface area contributed by atoms with Crippen LogP contribution >= 0.6 is 0 Å². The second kappa shape index (κ2) is 7.81. The van der Waals surface area contributed by atoms with Crippen LogP contribution in [-0.4, -0.2) is 77.9 Å². The van der Waals surface area contributed by atoms with E-state index in [1.165, 1.54) is 0 Å². The number of rotatable bonds is 3. The minimum atomic E-state index is -0.946. The number of ether oxygens (including phenoxy) is 1. The minimum Gasteiger partial charge on any atom is -0.371 e. The van der Waals surface area contributed by atoms with Gasteiger partial charge in [0.2, 0.25) is 11.8 Å². The average molecular weight is 426 g/mol. The van der Waals surface area contributed by atoms with Gasteiger partial charge in [-0.2, -0.15) is 0 Å². The fraction of sp³-hybridized carbons (Fsp3) is 0.545. The lowest BCUT2D eigenvalue weighted by Gasteiger charge is -2.45. The average Bonchev–Trinajstić information content (AvgIpc) is 3.00.